The van der Waals surface area contributed by atoms with Gasteiger partial charge in [-0.1, -0.05) is 17.4 Å². The van der Waals surface area contributed by atoms with Crippen molar-refractivity contribution in [3.05, 3.63) is 47.3 Å². The molecule has 0 aliphatic carbocycles. The third-order valence-corrected chi connectivity index (χ3v) is 2.59. The van der Waals surface area contributed by atoms with E-state index in [1.807, 2.05) is 0 Å². The highest BCUT2D eigenvalue weighted by molar-refractivity contribution is 7.81. The molecule has 0 atom stereocenters. The molecule has 84 valence electrons. The van der Waals surface area contributed by atoms with Gasteiger partial charge in [0.2, 0.25) is 0 Å². The maximum absolute atomic E-state index is 8.68. The molecule has 17 heavy (non-hydrogen) atoms. The fourth-order valence-corrected chi connectivity index (χ4v) is 1.66. The molecule has 1 aromatic heterocycles. The number of nitriles is 1. The molecule has 2 rings (SSSR count). The first-order chi connectivity index (χ1) is 8.20. The minimum atomic E-state index is 0.549. The Hall–Kier alpha value is -2.19. The molecule has 1 N–H and O–H groups in total. The number of hydrogen-bond donors (Lipinski definition) is 1. The lowest BCUT2D eigenvalue weighted by Crippen LogP contribution is -2.10. The minimum Gasteiger partial charge on any atom is -0.361 e. The van der Waals surface area contributed by atoms with Crippen molar-refractivity contribution >= 4 is 22.9 Å². The zero-order chi connectivity index (χ0) is 12.3. The third kappa shape index (κ3) is 2.49. The molecule has 0 spiro atoms. The maximum Gasteiger partial charge on any atom is 0.143 e. The van der Waals surface area contributed by atoms with E-state index in [1.165, 1.54) is 0 Å². The van der Waals surface area contributed by atoms with E-state index in [9.17, 15) is 0 Å². The molecule has 2 aromatic rings. The van der Waals surface area contributed by atoms with Gasteiger partial charge in [0, 0.05) is 5.69 Å². The lowest BCUT2D eigenvalue weighted by molar-refractivity contribution is 0.397. The zero-order valence-corrected chi connectivity index (χ0v) is 9.91. The highest BCUT2D eigenvalue weighted by atomic mass is 32.1. The number of hydrogen-bond acceptors (Lipinski definition) is 4. The van der Waals surface area contributed by atoms with Crippen LogP contribution in [0.1, 0.15) is 16.9 Å². The Kier molecular flexibility index (Phi) is 3.17. The first-order valence-corrected chi connectivity index (χ1v) is 5.34. The Morgan fingerprint density at radius 1 is 1.41 bits per heavy atom. The fourth-order valence-electron chi connectivity index (χ4n) is 1.34. The van der Waals surface area contributed by atoms with E-state index in [4.69, 9.17) is 22.0 Å². The lowest BCUT2D eigenvalue weighted by Gasteiger charge is -2.06. The van der Waals surface area contributed by atoms with Crippen molar-refractivity contribution in [2.24, 2.45) is 0 Å². The van der Waals surface area contributed by atoms with Crippen LogP contribution < -0.4 is 5.32 Å². The second-order valence-corrected chi connectivity index (χ2v) is 3.85. The van der Waals surface area contributed by atoms with Crippen molar-refractivity contribution in [3.8, 4) is 6.07 Å². The number of nitrogens with one attached hydrogen (secondary N) is 1. The number of aromatic nitrogens is 1. The van der Waals surface area contributed by atoms with Crippen LogP contribution in [0.5, 0.6) is 0 Å². The van der Waals surface area contributed by atoms with Crippen LogP contribution in [0.25, 0.3) is 0 Å². The Morgan fingerprint density at radius 3 is 2.65 bits per heavy atom. The third-order valence-electron chi connectivity index (χ3n) is 2.27. The number of aryl methyl sites for hydroxylation is 1. The van der Waals surface area contributed by atoms with Crippen molar-refractivity contribution < 1.29 is 4.52 Å². The molecule has 0 saturated carbocycles. The molecule has 0 unspecified atom stereocenters. The van der Waals surface area contributed by atoms with Gasteiger partial charge in [0.05, 0.1) is 23.4 Å². The van der Waals surface area contributed by atoms with Crippen molar-refractivity contribution in [2.45, 2.75) is 6.92 Å². The number of nitrogens with zero attached hydrogens (tertiary/aromatic N) is 2. The van der Waals surface area contributed by atoms with E-state index in [-0.39, 0.29) is 0 Å². The molecule has 5 heteroatoms. The van der Waals surface area contributed by atoms with Crippen molar-refractivity contribution in [1.82, 2.24) is 5.16 Å². The summed E-state index contributed by atoms with van der Waals surface area (Å²) in [5.41, 5.74) is 2.21. The molecule has 0 bridgehead atoms. The summed E-state index contributed by atoms with van der Waals surface area (Å²) in [7, 11) is 0. The quantitative estimate of drug-likeness (QED) is 0.821. The summed E-state index contributed by atoms with van der Waals surface area (Å²) in [4.78, 5) is 0.549. The molecule has 0 amide bonds. The maximum atomic E-state index is 8.68. The van der Waals surface area contributed by atoms with Crippen LogP contribution in [-0.4, -0.2) is 10.1 Å². The van der Waals surface area contributed by atoms with Crippen molar-refractivity contribution in [3.63, 3.8) is 0 Å². The van der Waals surface area contributed by atoms with Gasteiger partial charge >= 0.3 is 0 Å². The predicted molar refractivity (Wildman–Crippen MR) is 67.7 cm³/mol. The van der Waals surface area contributed by atoms with Gasteiger partial charge in [-0.15, -0.1) is 0 Å². The summed E-state index contributed by atoms with van der Waals surface area (Å²) in [6.45, 7) is 1.80. The van der Waals surface area contributed by atoms with Gasteiger partial charge in [-0.25, -0.2) is 0 Å². The van der Waals surface area contributed by atoms with E-state index in [1.54, 1.807) is 37.4 Å². The van der Waals surface area contributed by atoms with E-state index < -0.39 is 0 Å². The van der Waals surface area contributed by atoms with Crippen LogP contribution in [0.3, 0.4) is 0 Å². The molecular formula is C12H9N3OS. The Morgan fingerprint density at radius 2 is 2.12 bits per heavy atom. The van der Waals surface area contributed by atoms with Crippen LogP contribution in [-0.2, 0) is 0 Å². The molecule has 4 nitrogen and oxygen atoms in total. The molecule has 0 fully saturated rings. The Bertz CT molecular complexity index is 581. The van der Waals surface area contributed by atoms with Crippen LogP contribution in [0, 0.1) is 18.3 Å². The van der Waals surface area contributed by atoms with Gasteiger partial charge in [-0.05, 0) is 31.2 Å². The summed E-state index contributed by atoms with van der Waals surface area (Å²) in [5.74, 6) is 0.677. The molecule has 0 saturated heterocycles. The predicted octanol–water partition coefficient (Wildman–Crippen LogP) is 2.64. The highest BCUT2D eigenvalue weighted by Crippen LogP contribution is 2.13. The summed E-state index contributed by atoms with van der Waals surface area (Å²) < 4.78 is 4.94. The van der Waals surface area contributed by atoms with Crippen LogP contribution in [0.2, 0.25) is 0 Å². The zero-order valence-electron chi connectivity index (χ0n) is 9.10. The van der Waals surface area contributed by atoms with E-state index >= 15 is 0 Å². The molecule has 0 radical (unpaired) electrons. The first-order valence-electron chi connectivity index (χ1n) is 4.93. The topological polar surface area (TPSA) is 61.9 Å². The van der Waals surface area contributed by atoms with Gasteiger partial charge in [-0.2, -0.15) is 5.26 Å². The van der Waals surface area contributed by atoms with E-state index in [0.717, 1.165) is 11.3 Å². The van der Waals surface area contributed by atoms with Gasteiger partial charge in [-0.3, -0.25) is 0 Å². The second kappa shape index (κ2) is 4.76. The monoisotopic (exact) mass is 243 g/mol. The van der Waals surface area contributed by atoms with Crippen LogP contribution >= 0.6 is 12.2 Å². The first kappa shape index (κ1) is 11.3. The summed E-state index contributed by atoms with van der Waals surface area (Å²) in [6, 6.07) is 9.11. The largest absolute Gasteiger partial charge is 0.361 e. The van der Waals surface area contributed by atoms with E-state index in [0.29, 0.717) is 16.3 Å². The minimum absolute atomic E-state index is 0.549. The average molecular weight is 243 g/mol. The highest BCUT2D eigenvalue weighted by Gasteiger charge is 2.08. The van der Waals surface area contributed by atoms with Crippen molar-refractivity contribution in [2.75, 3.05) is 5.32 Å². The molecule has 1 heterocycles. The molecule has 0 aliphatic heterocycles. The molecule has 1 aromatic carbocycles. The Labute approximate surface area is 104 Å². The smallest absolute Gasteiger partial charge is 0.143 e. The molecule has 0 aliphatic rings. The number of thiocarbonyl (C=S) groups is 1. The second-order valence-electron chi connectivity index (χ2n) is 3.44. The number of benzene rings is 1. The Balaban J connectivity index is 2.14. The van der Waals surface area contributed by atoms with Gasteiger partial charge in [0.1, 0.15) is 10.7 Å². The average Bonchev–Trinajstić information content (AvgIpc) is 2.76. The number of rotatable bonds is 2. The standard InChI is InChI=1S/C12H9N3OS/c1-8-11(7-14-16-8)12(17)15-10-4-2-9(6-13)3-5-10/h2-5,7H,1H3,(H,15,17). The SMILES string of the molecule is Cc1oncc1C(=S)Nc1ccc(C#N)cc1. The summed E-state index contributed by atoms with van der Waals surface area (Å²) >= 11 is 5.23. The lowest BCUT2D eigenvalue weighted by atomic mass is 10.2. The normalized spacial score (nSPS) is 9.65. The van der Waals surface area contributed by atoms with Crippen LogP contribution in [0.4, 0.5) is 5.69 Å². The van der Waals surface area contributed by atoms with E-state index in [2.05, 4.69) is 16.5 Å². The summed E-state index contributed by atoms with van der Waals surface area (Å²) in [5, 5.41) is 15.4. The van der Waals surface area contributed by atoms with Crippen LogP contribution in [0.15, 0.2) is 35.0 Å². The summed E-state index contributed by atoms with van der Waals surface area (Å²) in [6.07, 6.45) is 1.58. The van der Waals surface area contributed by atoms with Gasteiger partial charge < -0.3 is 9.84 Å². The van der Waals surface area contributed by atoms with Gasteiger partial charge in [0.25, 0.3) is 0 Å². The van der Waals surface area contributed by atoms with Gasteiger partial charge in [0.15, 0.2) is 0 Å². The number of anilines is 1. The van der Waals surface area contributed by atoms with Crippen molar-refractivity contribution in [1.29, 1.82) is 5.26 Å². The fraction of sp³-hybridized carbons (Fsp3) is 0.0833. The molecular weight excluding hydrogens is 234 g/mol.